The molecule has 172 valence electrons. The molecule has 2 aromatic carbocycles. The van der Waals surface area contributed by atoms with Gasteiger partial charge in [-0.05, 0) is 36.5 Å². The van der Waals surface area contributed by atoms with Crippen LogP contribution in [-0.2, 0) is 17.6 Å². The third kappa shape index (κ3) is 5.56. The lowest BCUT2D eigenvalue weighted by molar-refractivity contribution is -0.127. The molecule has 0 spiro atoms. The number of piperazine rings is 1. The monoisotopic (exact) mass is 437 g/mol. The van der Waals surface area contributed by atoms with Crippen molar-refractivity contribution in [2.24, 2.45) is 5.92 Å². The largest absolute Gasteiger partial charge is 0.392 e. The molecule has 0 saturated carbocycles. The van der Waals surface area contributed by atoms with Gasteiger partial charge in [0.05, 0.1) is 18.2 Å². The van der Waals surface area contributed by atoms with Gasteiger partial charge in [0, 0.05) is 44.6 Å². The molecule has 1 aliphatic carbocycles. The second-order valence-electron chi connectivity index (χ2n) is 9.28. The van der Waals surface area contributed by atoms with Crippen LogP contribution >= 0.6 is 0 Å². The van der Waals surface area contributed by atoms with E-state index < -0.39 is 18.2 Å². The molecule has 1 fully saturated rings. The summed E-state index contributed by atoms with van der Waals surface area (Å²) in [7, 11) is 0. The van der Waals surface area contributed by atoms with E-state index >= 15 is 0 Å². The number of benzene rings is 2. The van der Waals surface area contributed by atoms with Crippen LogP contribution in [0.1, 0.15) is 36.1 Å². The van der Waals surface area contributed by atoms with Gasteiger partial charge in [0.2, 0.25) is 5.91 Å². The molecule has 0 bridgehead atoms. The number of amides is 1. The van der Waals surface area contributed by atoms with Gasteiger partial charge in [-0.15, -0.1) is 0 Å². The minimum absolute atomic E-state index is 0.109. The van der Waals surface area contributed by atoms with Crippen LogP contribution in [0.3, 0.4) is 0 Å². The van der Waals surface area contributed by atoms with E-state index in [1.54, 1.807) is 0 Å². The summed E-state index contributed by atoms with van der Waals surface area (Å²) >= 11 is 0. The van der Waals surface area contributed by atoms with Gasteiger partial charge in [-0.2, -0.15) is 0 Å². The molecule has 1 heterocycles. The van der Waals surface area contributed by atoms with E-state index in [2.05, 4.69) is 22.5 Å². The highest BCUT2D eigenvalue weighted by Gasteiger charge is 2.34. The number of hydrogen-bond donors (Lipinski definition) is 4. The molecule has 0 aromatic heterocycles. The van der Waals surface area contributed by atoms with Crippen LogP contribution in [0.5, 0.6) is 0 Å². The van der Waals surface area contributed by atoms with Crippen LogP contribution in [0.25, 0.3) is 0 Å². The molecule has 0 unspecified atom stereocenters. The third-order valence-electron chi connectivity index (χ3n) is 6.84. The number of rotatable bonds is 8. The molecule has 1 saturated heterocycles. The van der Waals surface area contributed by atoms with Gasteiger partial charge in [-0.25, -0.2) is 0 Å². The number of carbonyl (C=O) groups excluding carboxylic acids is 1. The maximum absolute atomic E-state index is 13.4. The Balaban J connectivity index is 1.45. The van der Waals surface area contributed by atoms with Crippen LogP contribution in [0, 0.1) is 5.92 Å². The lowest BCUT2D eigenvalue weighted by Crippen LogP contribution is -2.52. The summed E-state index contributed by atoms with van der Waals surface area (Å²) in [6, 6.07) is 17.8. The summed E-state index contributed by atoms with van der Waals surface area (Å²) in [6.45, 7) is 5.46. The Morgan fingerprint density at radius 1 is 1.19 bits per heavy atom. The van der Waals surface area contributed by atoms with Gasteiger partial charge in [0.15, 0.2) is 0 Å². The van der Waals surface area contributed by atoms with E-state index in [0.717, 1.165) is 36.3 Å². The molecule has 6 nitrogen and oxygen atoms in total. The van der Waals surface area contributed by atoms with Crippen molar-refractivity contribution in [1.82, 2.24) is 15.5 Å². The van der Waals surface area contributed by atoms with Crippen LogP contribution < -0.4 is 10.6 Å². The first-order valence-electron chi connectivity index (χ1n) is 11.7. The number of β-amino-alcohol motifs (C(OH)–C–C–N with tert-alkyl or cyclic N) is 1. The summed E-state index contributed by atoms with van der Waals surface area (Å²) in [4.78, 5) is 15.7. The molecule has 2 aliphatic rings. The van der Waals surface area contributed by atoms with Gasteiger partial charge < -0.3 is 20.8 Å². The fourth-order valence-corrected chi connectivity index (χ4v) is 5.03. The minimum Gasteiger partial charge on any atom is -0.392 e. The van der Waals surface area contributed by atoms with Crippen molar-refractivity contribution in [2.45, 2.75) is 50.5 Å². The smallest absolute Gasteiger partial charge is 0.224 e. The van der Waals surface area contributed by atoms with Crippen LogP contribution in [0.15, 0.2) is 54.6 Å². The van der Waals surface area contributed by atoms with E-state index in [9.17, 15) is 15.0 Å². The highest BCUT2D eigenvalue weighted by molar-refractivity contribution is 5.79. The number of aliphatic hydroxyl groups excluding tert-OH is 2. The molecule has 0 radical (unpaired) electrons. The number of nitrogens with zero attached hydrogens (tertiary/aromatic N) is 1. The zero-order valence-electron chi connectivity index (χ0n) is 18.8. The van der Waals surface area contributed by atoms with Gasteiger partial charge in [0.1, 0.15) is 0 Å². The first-order valence-corrected chi connectivity index (χ1v) is 11.7. The Kier molecular flexibility index (Phi) is 7.58. The molecular weight excluding hydrogens is 402 g/mol. The second kappa shape index (κ2) is 10.6. The van der Waals surface area contributed by atoms with Crippen molar-refractivity contribution in [1.29, 1.82) is 0 Å². The van der Waals surface area contributed by atoms with Gasteiger partial charge in [-0.1, -0.05) is 54.6 Å². The summed E-state index contributed by atoms with van der Waals surface area (Å²) in [5.41, 5.74) is 3.14. The summed E-state index contributed by atoms with van der Waals surface area (Å²) in [5.74, 6) is -0.479. The zero-order valence-corrected chi connectivity index (χ0v) is 18.8. The molecule has 2 aromatic rings. The van der Waals surface area contributed by atoms with Crippen molar-refractivity contribution < 1.29 is 15.0 Å². The molecule has 32 heavy (non-hydrogen) atoms. The molecule has 1 aliphatic heterocycles. The quantitative estimate of drug-likeness (QED) is 0.505. The fourth-order valence-electron chi connectivity index (χ4n) is 5.03. The maximum Gasteiger partial charge on any atom is 0.224 e. The highest BCUT2D eigenvalue weighted by atomic mass is 16.3. The third-order valence-corrected chi connectivity index (χ3v) is 6.84. The number of aliphatic hydroxyl groups is 2. The van der Waals surface area contributed by atoms with Crippen molar-refractivity contribution in [2.75, 3.05) is 26.2 Å². The average Bonchev–Trinajstić information content (AvgIpc) is 3.10. The molecule has 6 heteroatoms. The van der Waals surface area contributed by atoms with E-state index in [4.69, 9.17) is 0 Å². The second-order valence-corrected chi connectivity index (χ2v) is 9.28. The van der Waals surface area contributed by atoms with E-state index in [1.807, 2.05) is 54.6 Å². The van der Waals surface area contributed by atoms with Crippen molar-refractivity contribution in [3.63, 3.8) is 0 Å². The van der Waals surface area contributed by atoms with Gasteiger partial charge in [-0.3, -0.25) is 9.69 Å². The first kappa shape index (κ1) is 22.9. The number of fused-ring (bicyclic) bond motifs is 1. The normalized spacial score (nSPS) is 25.2. The topological polar surface area (TPSA) is 84.8 Å². The number of hydrogen-bond acceptors (Lipinski definition) is 5. The number of carbonyl (C=O) groups is 1. The highest BCUT2D eigenvalue weighted by Crippen LogP contribution is 2.32. The minimum atomic E-state index is -0.625. The Bertz CT molecular complexity index is 891. The van der Waals surface area contributed by atoms with Gasteiger partial charge in [0.25, 0.3) is 0 Å². The fraction of sp³-hybridized carbons (Fsp3) is 0.500. The van der Waals surface area contributed by atoms with Crippen LogP contribution in [0.2, 0.25) is 0 Å². The summed E-state index contributed by atoms with van der Waals surface area (Å²) in [5, 5.41) is 27.9. The predicted octanol–water partition coefficient (Wildman–Crippen LogP) is 1.66. The van der Waals surface area contributed by atoms with E-state index in [0.29, 0.717) is 31.8 Å². The first-order chi connectivity index (χ1) is 15.5. The van der Waals surface area contributed by atoms with E-state index in [-0.39, 0.29) is 11.8 Å². The van der Waals surface area contributed by atoms with Gasteiger partial charge >= 0.3 is 0 Å². The Morgan fingerprint density at radius 2 is 1.94 bits per heavy atom. The zero-order chi connectivity index (χ0) is 22.5. The van der Waals surface area contributed by atoms with Crippen molar-refractivity contribution in [3.05, 3.63) is 71.3 Å². The van der Waals surface area contributed by atoms with E-state index in [1.165, 1.54) is 0 Å². The number of nitrogens with one attached hydrogen (secondary N) is 2. The average molecular weight is 438 g/mol. The Hall–Kier alpha value is -2.25. The van der Waals surface area contributed by atoms with Crippen molar-refractivity contribution in [3.8, 4) is 0 Å². The lowest BCUT2D eigenvalue weighted by atomic mass is 9.91. The van der Waals surface area contributed by atoms with Crippen LogP contribution in [0.4, 0.5) is 0 Å². The summed E-state index contributed by atoms with van der Waals surface area (Å²) in [6.07, 6.45) is 0.289. The standard InChI is InChI=1S/C26H35N3O3/c1-18-16-27-11-12-29(18)17-22(30)14-21(13-19-7-3-2-4-8-19)26(32)28-25-23-10-6-5-9-20(23)15-24(25)31/h2-10,18,21-22,24-25,27,30-31H,11-17H2,1H3,(H,28,32)/t18-,21-,22+,24-,25+/m1/s1. The van der Waals surface area contributed by atoms with Crippen LogP contribution in [-0.4, -0.2) is 65.4 Å². The molecular formula is C26H35N3O3. The Morgan fingerprint density at radius 3 is 2.72 bits per heavy atom. The SMILES string of the molecule is C[C@@H]1CNCCN1C[C@@H](O)C[C@@H](Cc1ccccc1)C(=O)N[C@H]1c2ccccc2C[C@H]1O. The summed E-state index contributed by atoms with van der Waals surface area (Å²) < 4.78 is 0. The molecule has 5 atom stereocenters. The lowest BCUT2D eigenvalue weighted by Gasteiger charge is -2.35. The maximum atomic E-state index is 13.4. The molecule has 1 amide bonds. The molecule has 4 N–H and O–H groups in total. The predicted molar refractivity (Wildman–Crippen MR) is 125 cm³/mol. The van der Waals surface area contributed by atoms with Crippen molar-refractivity contribution >= 4 is 5.91 Å². The Labute approximate surface area is 190 Å². The molecule has 4 rings (SSSR count).